The van der Waals surface area contributed by atoms with Crippen LogP contribution in [0.25, 0.3) is 0 Å². The molecule has 1 N–H and O–H groups in total. The van der Waals surface area contributed by atoms with E-state index >= 15 is 0 Å². The van der Waals surface area contributed by atoms with Gasteiger partial charge in [-0.3, -0.25) is 4.79 Å². The van der Waals surface area contributed by atoms with E-state index in [0.717, 1.165) is 18.4 Å². The zero-order chi connectivity index (χ0) is 11.7. The Kier molecular flexibility index (Phi) is 2.86. The molecule has 0 saturated heterocycles. The van der Waals surface area contributed by atoms with Crippen LogP contribution in [0.15, 0.2) is 18.2 Å². The first kappa shape index (κ1) is 11.0. The number of amides is 1. The van der Waals surface area contributed by atoms with Gasteiger partial charge >= 0.3 is 0 Å². The number of phenols is 1. The van der Waals surface area contributed by atoms with Gasteiger partial charge in [-0.2, -0.15) is 0 Å². The van der Waals surface area contributed by atoms with Gasteiger partial charge in [-0.05, 0) is 38.8 Å². The largest absolute Gasteiger partial charge is 0.507 e. The van der Waals surface area contributed by atoms with Crippen molar-refractivity contribution in [3.63, 3.8) is 0 Å². The van der Waals surface area contributed by atoms with Crippen LogP contribution in [0, 0.1) is 6.92 Å². The number of aromatic hydroxyl groups is 1. The fourth-order valence-corrected chi connectivity index (χ4v) is 1.93. The van der Waals surface area contributed by atoms with Gasteiger partial charge in [0, 0.05) is 12.6 Å². The third-order valence-corrected chi connectivity index (χ3v) is 2.97. The molecule has 3 nitrogen and oxygen atoms in total. The van der Waals surface area contributed by atoms with Crippen LogP contribution in [0.2, 0.25) is 0 Å². The number of phenolic OH excluding ortho intramolecular Hbond substituents is 1. The van der Waals surface area contributed by atoms with Crippen LogP contribution in [0.5, 0.6) is 5.75 Å². The van der Waals surface area contributed by atoms with Crippen LogP contribution >= 0.6 is 0 Å². The van der Waals surface area contributed by atoms with E-state index in [1.54, 1.807) is 18.2 Å². The van der Waals surface area contributed by atoms with E-state index in [1.165, 1.54) is 0 Å². The lowest BCUT2D eigenvalue weighted by Crippen LogP contribution is -2.32. The summed E-state index contributed by atoms with van der Waals surface area (Å²) >= 11 is 0. The van der Waals surface area contributed by atoms with E-state index in [1.807, 2.05) is 18.7 Å². The van der Waals surface area contributed by atoms with Crippen molar-refractivity contribution in [2.75, 3.05) is 6.54 Å². The molecule has 0 radical (unpaired) electrons. The molecule has 1 aliphatic rings. The summed E-state index contributed by atoms with van der Waals surface area (Å²) in [6, 6.07) is 5.53. The van der Waals surface area contributed by atoms with Gasteiger partial charge in [-0.1, -0.05) is 11.6 Å². The van der Waals surface area contributed by atoms with Crippen LogP contribution in [0.3, 0.4) is 0 Å². The molecule has 0 aromatic heterocycles. The van der Waals surface area contributed by atoms with Crippen LogP contribution in [0.1, 0.15) is 35.7 Å². The first-order valence-electron chi connectivity index (χ1n) is 5.74. The minimum Gasteiger partial charge on any atom is -0.507 e. The second-order valence-electron chi connectivity index (χ2n) is 4.34. The van der Waals surface area contributed by atoms with E-state index < -0.39 is 0 Å². The first-order chi connectivity index (χ1) is 7.63. The van der Waals surface area contributed by atoms with Gasteiger partial charge in [0.25, 0.3) is 5.91 Å². The van der Waals surface area contributed by atoms with Gasteiger partial charge in [0.05, 0.1) is 5.56 Å². The second-order valence-corrected chi connectivity index (χ2v) is 4.34. The lowest BCUT2D eigenvalue weighted by Gasteiger charge is -2.21. The van der Waals surface area contributed by atoms with Crippen LogP contribution < -0.4 is 0 Å². The molecule has 86 valence electrons. The Morgan fingerprint density at radius 2 is 2.19 bits per heavy atom. The zero-order valence-electron chi connectivity index (χ0n) is 9.73. The molecular weight excluding hydrogens is 202 g/mol. The Hall–Kier alpha value is -1.51. The third-order valence-electron chi connectivity index (χ3n) is 2.97. The van der Waals surface area contributed by atoms with Crippen LogP contribution in [-0.4, -0.2) is 28.5 Å². The summed E-state index contributed by atoms with van der Waals surface area (Å²) in [6.07, 6.45) is 2.18. The fraction of sp³-hybridized carbons (Fsp3) is 0.462. The molecule has 1 saturated carbocycles. The van der Waals surface area contributed by atoms with Crippen molar-refractivity contribution in [2.24, 2.45) is 0 Å². The number of rotatable bonds is 3. The minimum absolute atomic E-state index is 0.0498. The standard InChI is InChI=1S/C13H17NO2/c1-3-14(10-5-6-10)13(16)11-8-9(2)4-7-12(11)15/h4,7-8,10,15H,3,5-6H2,1-2H3. The highest BCUT2D eigenvalue weighted by Gasteiger charge is 2.32. The van der Waals surface area contributed by atoms with Gasteiger partial charge < -0.3 is 10.0 Å². The molecule has 0 bridgehead atoms. The number of nitrogens with zero attached hydrogens (tertiary/aromatic N) is 1. The number of carbonyl (C=O) groups is 1. The average molecular weight is 219 g/mol. The predicted octanol–water partition coefficient (Wildman–Crippen LogP) is 2.33. The second kappa shape index (κ2) is 4.16. The molecule has 1 aromatic carbocycles. The van der Waals surface area contributed by atoms with Crippen molar-refractivity contribution in [3.05, 3.63) is 29.3 Å². The summed E-state index contributed by atoms with van der Waals surface area (Å²) in [5.74, 6) is 0.0286. The minimum atomic E-state index is -0.0498. The maximum Gasteiger partial charge on any atom is 0.257 e. The Labute approximate surface area is 95.7 Å². The molecule has 0 spiro atoms. The summed E-state index contributed by atoms with van der Waals surface area (Å²) in [5, 5.41) is 9.70. The molecule has 2 rings (SSSR count). The molecule has 3 heteroatoms. The van der Waals surface area contributed by atoms with E-state index in [9.17, 15) is 9.90 Å². The maximum atomic E-state index is 12.2. The molecule has 0 atom stereocenters. The van der Waals surface area contributed by atoms with Crippen LogP contribution in [0.4, 0.5) is 0 Å². The maximum absolute atomic E-state index is 12.2. The molecule has 0 unspecified atom stereocenters. The van der Waals surface area contributed by atoms with Gasteiger partial charge in [0.2, 0.25) is 0 Å². The van der Waals surface area contributed by atoms with E-state index in [4.69, 9.17) is 0 Å². The SMILES string of the molecule is CCN(C(=O)c1cc(C)ccc1O)C1CC1. The first-order valence-corrected chi connectivity index (χ1v) is 5.74. The number of hydrogen-bond acceptors (Lipinski definition) is 2. The van der Waals surface area contributed by atoms with Crippen LogP contribution in [-0.2, 0) is 0 Å². The lowest BCUT2D eigenvalue weighted by molar-refractivity contribution is 0.0749. The van der Waals surface area contributed by atoms with Crippen molar-refractivity contribution < 1.29 is 9.90 Å². The molecular formula is C13H17NO2. The number of hydrogen-bond donors (Lipinski definition) is 1. The topological polar surface area (TPSA) is 40.5 Å². The zero-order valence-corrected chi connectivity index (χ0v) is 9.73. The normalized spacial score (nSPS) is 14.9. The molecule has 1 aromatic rings. The van der Waals surface area contributed by atoms with E-state index in [2.05, 4.69) is 0 Å². The molecule has 0 heterocycles. The van der Waals surface area contributed by atoms with Crippen molar-refractivity contribution in [1.29, 1.82) is 0 Å². The van der Waals surface area contributed by atoms with Crippen molar-refractivity contribution in [3.8, 4) is 5.75 Å². The summed E-state index contributed by atoms with van der Waals surface area (Å²) in [4.78, 5) is 14.0. The van der Waals surface area contributed by atoms with Gasteiger partial charge in [0.15, 0.2) is 0 Å². The molecule has 1 aliphatic carbocycles. The molecule has 0 aliphatic heterocycles. The van der Waals surface area contributed by atoms with E-state index in [-0.39, 0.29) is 11.7 Å². The average Bonchev–Trinajstić information content (AvgIpc) is 3.07. The van der Waals surface area contributed by atoms with Gasteiger partial charge in [0.1, 0.15) is 5.75 Å². The van der Waals surface area contributed by atoms with E-state index in [0.29, 0.717) is 18.2 Å². The summed E-state index contributed by atoms with van der Waals surface area (Å²) < 4.78 is 0. The smallest absolute Gasteiger partial charge is 0.257 e. The Balaban J connectivity index is 2.28. The summed E-state index contributed by atoms with van der Waals surface area (Å²) in [6.45, 7) is 4.60. The fourth-order valence-electron chi connectivity index (χ4n) is 1.93. The monoisotopic (exact) mass is 219 g/mol. The number of benzene rings is 1. The highest BCUT2D eigenvalue weighted by molar-refractivity contribution is 5.97. The molecule has 1 fully saturated rings. The molecule has 16 heavy (non-hydrogen) atoms. The van der Waals surface area contributed by atoms with Crippen molar-refractivity contribution in [1.82, 2.24) is 4.90 Å². The predicted molar refractivity (Wildman–Crippen MR) is 62.6 cm³/mol. The summed E-state index contributed by atoms with van der Waals surface area (Å²) in [5.41, 5.74) is 1.42. The highest BCUT2D eigenvalue weighted by Crippen LogP contribution is 2.30. The Morgan fingerprint density at radius 1 is 1.50 bits per heavy atom. The summed E-state index contributed by atoms with van der Waals surface area (Å²) in [7, 11) is 0. The molecule has 1 amide bonds. The number of aryl methyl sites for hydroxylation is 1. The van der Waals surface area contributed by atoms with Crippen molar-refractivity contribution in [2.45, 2.75) is 32.7 Å². The van der Waals surface area contributed by atoms with Crippen molar-refractivity contribution >= 4 is 5.91 Å². The van der Waals surface area contributed by atoms with Gasteiger partial charge in [-0.25, -0.2) is 0 Å². The highest BCUT2D eigenvalue weighted by atomic mass is 16.3. The quantitative estimate of drug-likeness (QED) is 0.847. The Bertz CT molecular complexity index is 410. The number of carbonyl (C=O) groups excluding carboxylic acids is 1. The Morgan fingerprint density at radius 3 is 2.75 bits per heavy atom. The lowest BCUT2D eigenvalue weighted by atomic mass is 10.1. The van der Waals surface area contributed by atoms with Gasteiger partial charge in [-0.15, -0.1) is 0 Å². The third kappa shape index (κ3) is 2.03.